The fourth-order valence-electron chi connectivity index (χ4n) is 2.33. The molecule has 2 rings (SSSR count). The van der Waals surface area contributed by atoms with E-state index < -0.39 is 5.97 Å². The molecule has 0 atom stereocenters. The van der Waals surface area contributed by atoms with Gasteiger partial charge >= 0.3 is 5.97 Å². The Labute approximate surface area is 149 Å². The number of carbonyl (C=O) groups is 2. The Morgan fingerprint density at radius 3 is 2.50 bits per heavy atom. The smallest absolute Gasteiger partial charge is 0.340 e. The highest BCUT2D eigenvalue weighted by Crippen LogP contribution is 2.26. The molecule has 0 saturated carbocycles. The van der Waals surface area contributed by atoms with E-state index in [0.717, 1.165) is 0 Å². The number of aryl methyl sites for hydroxylation is 1. The first kappa shape index (κ1) is 18.4. The average molecular weight is 370 g/mol. The normalized spacial score (nSPS) is 10.5. The van der Waals surface area contributed by atoms with Crippen LogP contribution in [-0.4, -0.2) is 30.0 Å². The molecule has 1 N–H and O–H groups in total. The maximum absolute atomic E-state index is 12.4. The number of aromatic nitrogens is 1. The molecule has 1 aromatic heterocycles. The van der Waals surface area contributed by atoms with Crippen LogP contribution >= 0.6 is 23.2 Å². The molecule has 0 bridgehead atoms. The van der Waals surface area contributed by atoms with Crippen LogP contribution in [0.1, 0.15) is 39.0 Å². The molecule has 1 aromatic carbocycles. The van der Waals surface area contributed by atoms with Crippen LogP contribution in [0.4, 0.5) is 0 Å². The number of benzene rings is 1. The third kappa shape index (κ3) is 3.91. The molecular weight excluding hydrogens is 353 g/mol. The zero-order valence-electron chi connectivity index (χ0n) is 13.5. The second-order valence-electron chi connectivity index (χ2n) is 5.13. The molecule has 0 aliphatic rings. The molecule has 1 heterocycles. The number of H-pyrrole nitrogens is 1. The van der Waals surface area contributed by atoms with E-state index in [0.29, 0.717) is 38.3 Å². The van der Waals surface area contributed by atoms with Crippen molar-refractivity contribution in [1.82, 2.24) is 4.98 Å². The van der Waals surface area contributed by atoms with Gasteiger partial charge in [-0.05, 0) is 38.5 Å². The second kappa shape index (κ2) is 7.73. The van der Waals surface area contributed by atoms with Gasteiger partial charge in [0.2, 0.25) is 5.78 Å². The lowest BCUT2D eigenvalue weighted by molar-refractivity contribution is 0.0525. The lowest BCUT2D eigenvalue weighted by Gasteiger charge is -2.06. The first-order chi connectivity index (χ1) is 11.3. The number of ketones is 1. The summed E-state index contributed by atoms with van der Waals surface area (Å²) in [7, 11) is 0. The Hall–Kier alpha value is -1.98. The second-order valence-corrected chi connectivity index (χ2v) is 5.95. The summed E-state index contributed by atoms with van der Waals surface area (Å²) in [5.74, 6) is -0.297. The summed E-state index contributed by atoms with van der Waals surface area (Å²) < 4.78 is 10.4. The SMILES string of the molecule is CCOC(=O)c1c(C)[nH]c(C(=O)COc2ccc(Cl)c(Cl)c2)c1C. The maximum atomic E-state index is 12.4. The number of carbonyl (C=O) groups excluding carboxylic acids is 2. The van der Waals surface area contributed by atoms with Gasteiger partial charge in [-0.3, -0.25) is 4.79 Å². The summed E-state index contributed by atoms with van der Waals surface area (Å²) in [5.41, 5.74) is 1.85. The van der Waals surface area contributed by atoms with Crippen molar-refractivity contribution in [3.8, 4) is 5.75 Å². The quantitative estimate of drug-likeness (QED) is 0.605. The summed E-state index contributed by atoms with van der Waals surface area (Å²) in [6.45, 7) is 5.22. The molecule has 5 nitrogen and oxygen atoms in total. The highest BCUT2D eigenvalue weighted by atomic mass is 35.5. The molecule has 0 spiro atoms. The van der Waals surface area contributed by atoms with Crippen LogP contribution in [0.5, 0.6) is 5.75 Å². The van der Waals surface area contributed by atoms with Crippen molar-refractivity contribution in [3.63, 3.8) is 0 Å². The van der Waals surface area contributed by atoms with Gasteiger partial charge < -0.3 is 14.5 Å². The minimum atomic E-state index is -0.451. The van der Waals surface area contributed by atoms with Crippen LogP contribution in [0.3, 0.4) is 0 Å². The fourth-order valence-corrected chi connectivity index (χ4v) is 2.61. The largest absolute Gasteiger partial charge is 0.485 e. The van der Waals surface area contributed by atoms with Crippen LogP contribution in [0, 0.1) is 13.8 Å². The lowest BCUT2D eigenvalue weighted by atomic mass is 10.1. The topological polar surface area (TPSA) is 68.4 Å². The number of Topliss-reactive ketones (excluding diaryl/α,β-unsaturated/α-hetero) is 1. The minimum Gasteiger partial charge on any atom is -0.485 e. The minimum absolute atomic E-state index is 0.193. The van der Waals surface area contributed by atoms with Gasteiger partial charge in [-0.1, -0.05) is 23.2 Å². The molecule has 0 unspecified atom stereocenters. The van der Waals surface area contributed by atoms with Gasteiger partial charge in [0.25, 0.3) is 0 Å². The summed E-state index contributed by atoms with van der Waals surface area (Å²) in [6.07, 6.45) is 0. The van der Waals surface area contributed by atoms with E-state index in [1.807, 2.05) is 0 Å². The van der Waals surface area contributed by atoms with Crippen molar-refractivity contribution < 1.29 is 19.1 Å². The van der Waals surface area contributed by atoms with Crippen molar-refractivity contribution in [3.05, 3.63) is 50.8 Å². The predicted molar refractivity (Wildman–Crippen MR) is 92.5 cm³/mol. The zero-order valence-corrected chi connectivity index (χ0v) is 15.0. The Bertz CT molecular complexity index is 783. The van der Waals surface area contributed by atoms with Crippen LogP contribution in [0.25, 0.3) is 0 Å². The molecule has 128 valence electrons. The number of hydrogen-bond donors (Lipinski definition) is 1. The standard InChI is InChI=1S/C17H17Cl2NO4/c1-4-23-17(22)15-9(2)16(20-10(15)3)14(21)8-24-11-5-6-12(18)13(19)7-11/h5-7,20H,4,8H2,1-3H3. The summed E-state index contributed by atoms with van der Waals surface area (Å²) in [4.78, 5) is 27.3. The number of ether oxygens (including phenoxy) is 2. The number of esters is 1. The predicted octanol–water partition coefficient (Wildman–Crippen LogP) is 4.38. The van der Waals surface area contributed by atoms with Crippen molar-refractivity contribution in [1.29, 1.82) is 0 Å². The Morgan fingerprint density at radius 1 is 1.17 bits per heavy atom. The average Bonchev–Trinajstić information content (AvgIpc) is 2.83. The van der Waals surface area contributed by atoms with E-state index in [4.69, 9.17) is 32.7 Å². The van der Waals surface area contributed by atoms with Crippen molar-refractivity contribution in [2.75, 3.05) is 13.2 Å². The molecular formula is C17H17Cl2NO4. The third-order valence-corrected chi connectivity index (χ3v) is 4.20. The van der Waals surface area contributed by atoms with Gasteiger partial charge in [0.1, 0.15) is 5.75 Å². The van der Waals surface area contributed by atoms with E-state index in [1.165, 1.54) is 6.07 Å². The maximum Gasteiger partial charge on any atom is 0.340 e. The first-order valence-corrected chi connectivity index (χ1v) is 8.08. The molecule has 0 fully saturated rings. The molecule has 24 heavy (non-hydrogen) atoms. The van der Waals surface area contributed by atoms with Gasteiger partial charge in [-0.2, -0.15) is 0 Å². The molecule has 2 aromatic rings. The van der Waals surface area contributed by atoms with Gasteiger partial charge in [0.15, 0.2) is 6.61 Å². The van der Waals surface area contributed by atoms with Crippen LogP contribution < -0.4 is 4.74 Å². The molecule has 0 aliphatic heterocycles. The molecule has 0 amide bonds. The van der Waals surface area contributed by atoms with Crippen molar-refractivity contribution in [2.24, 2.45) is 0 Å². The van der Waals surface area contributed by atoms with E-state index in [-0.39, 0.29) is 19.0 Å². The van der Waals surface area contributed by atoms with E-state index >= 15 is 0 Å². The fraction of sp³-hybridized carbons (Fsp3) is 0.294. The lowest BCUT2D eigenvalue weighted by Crippen LogP contribution is -2.13. The summed E-state index contributed by atoms with van der Waals surface area (Å²) in [6, 6.07) is 4.75. The van der Waals surface area contributed by atoms with Gasteiger partial charge in [-0.15, -0.1) is 0 Å². The number of rotatable bonds is 6. The molecule has 7 heteroatoms. The van der Waals surface area contributed by atoms with Crippen molar-refractivity contribution >= 4 is 35.0 Å². The Morgan fingerprint density at radius 2 is 1.88 bits per heavy atom. The summed E-state index contributed by atoms with van der Waals surface area (Å²) >= 11 is 11.7. The van der Waals surface area contributed by atoms with E-state index in [2.05, 4.69) is 4.98 Å². The van der Waals surface area contributed by atoms with E-state index in [9.17, 15) is 9.59 Å². The van der Waals surface area contributed by atoms with Crippen LogP contribution in [-0.2, 0) is 4.74 Å². The third-order valence-electron chi connectivity index (χ3n) is 3.46. The molecule has 0 saturated heterocycles. The zero-order chi connectivity index (χ0) is 17.9. The van der Waals surface area contributed by atoms with Crippen LogP contribution in [0.2, 0.25) is 10.0 Å². The number of halogens is 2. The van der Waals surface area contributed by atoms with Gasteiger partial charge in [0, 0.05) is 11.8 Å². The summed E-state index contributed by atoms with van der Waals surface area (Å²) in [5, 5.41) is 0.753. The molecule has 0 radical (unpaired) electrons. The van der Waals surface area contributed by atoms with Gasteiger partial charge in [-0.25, -0.2) is 4.79 Å². The Balaban J connectivity index is 2.14. The van der Waals surface area contributed by atoms with Crippen molar-refractivity contribution in [2.45, 2.75) is 20.8 Å². The first-order valence-electron chi connectivity index (χ1n) is 7.32. The monoisotopic (exact) mass is 369 g/mol. The number of hydrogen-bond acceptors (Lipinski definition) is 4. The highest BCUT2D eigenvalue weighted by molar-refractivity contribution is 6.42. The molecule has 0 aliphatic carbocycles. The Kier molecular flexibility index (Phi) is 5.91. The van der Waals surface area contributed by atoms with Crippen LogP contribution in [0.15, 0.2) is 18.2 Å². The van der Waals surface area contributed by atoms with Gasteiger partial charge in [0.05, 0.1) is 27.9 Å². The van der Waals surface area contributed by atoms with E-state index in [1.54, 1.807) is 32.9 Å². The highest BCUT2D eigenvalue weighted by Gasteiger charge is 2.23. The number of aromatic amines is 1. The number of nitrogens with one attached hydrogen (secondary N) is 1.